The number of nitrogen functional groups attached to an aromatic ring is 1. The first kappa shape index (κ1) is 13.1. The van der Waals surface area contributed by atoms with E-state index < -0.39 is 15.8 Å². The van der Waals surface area contributed by atoms with E-state index in [4.69, 9.17) is 10.5 Å². The lowest BCUT2D eigenvalue weighted by Gasteiger charge is -2.09. The number of nitrogens with zero attached hydrogens (tertiary/aromatic N) is 1. The monoisotopic (exact) mass is 287 g/mol. The predicted octanol–water partition coefficient (Wildman–Crippen LogP) is 1.21. The fraction of sp³-hybridized carbons (Fsp3) is 0.100. The van der Waals surface area contributed by atoms with Gasteiger partial charge in [0.1, 0.15) is 6.26 Å². The molecule has 0 amide bonds. The maximum absolute atomic E-state index is 13.6. The highest BCUT2D eigenvalue weighted by atomic mass is 32.2. The van der Waals surface area contributed by atoms with Crippen LogP contribution in [0.2, 0.25) is 0 Å². The summed E-state index contributed by atoms with van der Waals surface area (Å²) in [6.07, 6.45) is 1.20. The summed E-state index contributed by atoms with van der Waals surface area (Å²) in [4.78, 5) is -0.341. The molecule has 0 aliphatic rings. The topological polar surface area (TPSA) is 107 Å². The molecule has 0 saturated heterocycles. The summed E-state index contributed by atoms with van der Waals surface area (Å²) in [5.74, 6) is -1.10. The Morgan fingerprint density at radius 1 is 1.47 bits per heavy atom. The standard InChI is InChI=1S/C10H10FN3O4S/c1-17-10-7(11)4-6(5-8(10)12)19(15,16)14-9-2-3-18-13-9/h2-5H,12H2,1H3,(H,13,14). The Morgan fingerprint density at radius 2 is 2.21 bits per heavy atom. The third-order valence-corrected chi connectivity index (χ3v) is 3.57. The highest BCUT2D eigenvalue weighted by Crippen LogP contribution is 2.29. The molecule has 7 nitrogen and oxygen atoms in total. The number of halogens is 1. The largest absolute Gasteiger partial charge is 0.492 e. The first-order chi connectivity index (χ1) is 8.94. The van der Waals surface area contributed by atoms with Crippen LogP contribution < -0.4 is 15.2 Å². The van der Waals surface area contributed by atoms with Crippen molar-refractivity contribution in [3.8, 4) is 5.75 Å². The van der Waals surface area contributed by atoms with Gasteiger partial charge in [0.05, 0.1) is 17.7 Å². The number of hydrogen-bond acceptors (Lipinski definition) is 6. The molecular weight excluding hydrogens is 277 g/mol. The smallest absolute Gasteiger partial charge is 0.263 e. The number of ether oxygens (including phenoxy) is 1. The molecule has 0 atom stereocenters. The van der Waals surface area contributed by atoms with Crippen LogP contribution in [0.15, 0.2) is 33.9 Å². The van der Waals surface area contributed by atoms with Gasteiger partial charge in [-0.3, -0.25) is 4.72 Å². The van der Waals surface area contributed by atoms with Crippen molar-refractivity contribution in [3.63, 3.8) is 0 Å². The molecule has 0 unspecified atom stereocenters. The molecule has 2 rings (SSSR count). The maximum atomic E-state index is 13.6. The van der Waals surface area contributed by atoms with E-state index in [1.54, 1.807) is 0 Å². The van der Waals surface area contributed by atoms with Crippen molar-refractivity contribution in [2.75, 3.05) is 17.6 Å². The highest BCUT2D eigenvalue weighted by Gasteiger charge is 2.20. The van der Waals surface area contributed by atoms with Gasteiger partial charge in [-0.15, -0.1) is 0 Å². The lowest BCUT2D eigenvalue weighted by atomic mass is 10.3. The maximum Gasteiger partial charge on any atom is 0.263 e. The molecule has 1 aromatic heterocycles. The zero-order valence-corrected chi connectivity index (χ0v) is 10.6. The van der Waals surface area contributed by atoms with Gasteiger partial charge in [-0.2, -0.15) is 0 Å². The Balaban J connectivity index is 2.41. The van der Waals surface area contributed by atoms with E-state index >= 15 is 0 Å². The van der Waals surface area contributed by atoms with Crippen molar-refractivity contribution in [1.29, 1.82) is 0 Å². The number of benzene rings is 1. The Kier molecular flexibility index (Phi) is 3.30. The average molecular weight is 287 g/mol. The van der Waals surface area contributed by atoms with Crippen LogP contribution in [0.3, 0.4) is 0 Å². The van der Waals surface area contributed by atoms with E-state index in [0.717, 1.165) is 12.1 Å². The summed E-state index contributed by atoms with van der Waals surface area (Å²) in [5, 5.41) is 3.39. The average Bonchev–Trinajstić information content (AvgIpc) is 2.80. The molecule has 0 aliphatic carbocycles. The number of nitrogens with one attached hydrogen (secondary N) is 1. The second-order valence-corrected chi connectivity index (χ2v) is 5.20. The van der Waals surface area contributed by atoms with E-state index in [2.05, 4.69) is 14.4 Å². The van der Waals surface area contributed by atoms with Gasteiger partial charge in [-0.05, 0) is 12.1 Å². The van der Waals surface area contributed by atoms with Crippen LogP contribution in [-0.4, -0.2) is 20.7 Å². The third-order valence-electron chi connectivity index (χ3n) is 2.24. The van der Waals surface area contributed by atoms with E-state index in [-0.39, 0.29) is 22.2 Å². The minimum atomic E-state index is -4.00. The van der Waals surface area contributed by atoms with Crippen molar-refractivity contribution < 1.29 is 22.1 Å². The summed E-state index contributed by atoms with van der Waals surface area (Å²) in [7, 11) is -2.77. The van der Waals surface area contributed by atoms with Crippen molar-refractivity contribution in [2.45, 2.75) is 4.90 Å². The van der Waals surface area contributed by atoms with Crippen LogP contribution in [-0.2, 0) is 10.0 Å². The molecular formula is C10H10FN3O4S. The minimum absolute atomic E-state index is 0.0187. The zero-order chi connectivity index (χ0) is 14.0. The summed E-state index contributed by atoms with van der Waals surface area (Å²) >= 11 is 0. The highest BCUT2D eigenvalue weighted by molar-refractivity contribution is 7.92. The van der Waals surface area contributed by atoms with Gasteiger partial charge in [0.2, 0.25) is 0 Å². The third kappa shape index (κ3) is 2.60. The molecule has 3 N–H and O–H groups in total. The lowest BCUT2D eigenvalue weighted by Crippen LogP contribution is -2.14. The second kappa shape index (κ2) is 4.76. The summed E-state index contributed by atoms with van der Waals surface area (Å²) < 4.78 is 48.8. The van der Waals surface area contributed by atoms with Crippen LogP contribution in [0.1, 0.15) is 0 Å². The molecule has 0 spiro atoms. The van der Waals surface area contributed by atoms with Gasteiger partial charge in [0.25, 0.3) is 10.0 Å². The van der Waals surface area contributed by atoms with Crippen LogP contribution in [0.25, 0.3) is 0 Å². The first-order valence-electron chi connectivity index (χ1n) is 5.00. The van der Waals surface area contributed by atoms with Crippen molar-refractivity contribution in [3.05, 3.63) is 30.3 Å². The molecule has 1 aromatic carbocycles. The lowest BCUT2D eigenvalue weighted by molar-refractivity contribution is 0.388. The van der Waals surface area contributed by atoms with Crippen molar-refractivity contribution >= 4 is 21.5 Å². The number of methoxy groups -OCH3 is 1. The summed E-state index contributed by atoms with van der Waals surface area (Å²) in [6, 6.07) is 3.20. The van der Waals surface area contributed by atoms with Crippen molar-refractivity contribution in [2.24, 2.45) is 0 Å². The van der Waals surface area contributed by atoms with E-state index in [1.807, 2.05) is 0 Å². The minimum Gasteiger partial charge on any atom is -0.492 e. The molecule has 0 radical (unpaired) electrons. The zero-order valence-electron chi connectivity index (χ0n) is 9.75. The molecule has 0 fully saturated rings. The Labute approximate surface area is 108 Å². The summed E-state index contributed by atoms with van der Waals surface area (Å²) in [5.41, 5.74) is 5.39. The number of nitrogens with two attached hydrogens (primary N) is 1. The fourth-order valence-corrected chi connectivity index (χ4v) is 2.46. The first-order valence-corrected chi connectivity index (χ1v) is 6.48. The summed E-state index contributed by atoms with van der Waals surface area (Å²) in [6.45, 7) is 0. The Morgan fingerprint density at radius 3 is 2.74 bits per heavy atom. The SMILES string of the molecule is COc1c(N)cc(S(=O)(=O)Nc2ccon2)cc1F. The number of aromatic nitrogens is 1. The number of anilines is 2. The second-order valence-electron chi connectivity index (χ2n) is 3.52. The molecule has 9 heteroatoms. The van der Waals surface area contributed by atoms with Gasteiger partial charge >= 0.3 is 0 Å². The van der Waals surface area contributed by atoms with E-state index in [9.17, 15) is 12.8 Å². The normalized spacial score (nSPS) is 11.3. The van der Waals surface area contributed by atoms with Crippen LogP contribution in [0, 0.1) is 5.82 Å². The number of rotatable bonds is 4. The quantitative estimate of drug-likeness (QED) is 0.818. The molecule has 0 bridgehead atoms. The van der Waals surface area contributed by atoms with E-state index in [1.165, 1.54) is 19.4 Å². The van der Waals surface area contributed by atoms with Gasteiger partial charge in [0, 0.05) is 6.07 Å². The van der Waals surface area contributed by atoms with Gasteiger partial charge < -0.3 is 15.0 Å². The van der Waals surface area contributed by atoms with Crippen LogP contribution >= 0.6 is 0 Å². The van der Waals surface area contributed by atoms with Gasteiger partial charge in [0.15, 0.2) is 17.4 Å². The van der Waals surface area contributed by atoms with Gasteiger partial charge in [-0.1, -0.05) is 5.16 Å². The van der Waals surface area contributed by atoms with Crippen molar-refractivity contribution in [1.82, 2.24) is 5.16 Å². The molecule has 2 aromatic rings. The Bertz CT molecular complexity index is 662. The molecule has 0 aliphatic heterocycles. The molecule has 102 valence electrons. The number of hydrogen-bond donors (Lipinski definition) is 2. The molecule has 1 heterocycles. The molecule has 19 heavy (non-hydrogen) atoms. The predicted molar refractivity (Wildman–Crippen MR) is 64.7 cm³/mol. The number of sulfonamides is 1. The molecule has 0 saturated carbocycles. The van der Waals surface area contributed by atoms with Crippen LogP contribution in [0.4, 0.5) is 15.9 Å². The van der Waals surface area contributed by atoms with Gasteiger partial charge in [-0.25, -0.2) is 12.8 Å². The fourth-order valence-electron chi connectivity index (χ4n) is 1.42. The Hall–Kier alpha value is -2.29. The van der Waals surface area contributed by atoms with Crippen LogP contribution in [0.5, 0.6) is 5.75 Å². The van der Waals surface area contributed by atoms with E-state index in [0.29, 0.717) is 0 Å².